The minimum atomic E-state index is 0.670. The number of hydrogen-bond donors (Lipinski definition) is 2. The standard InChI is InChI=1S/C22H16N2S4/c25-21(23-19-13-5-9-15-7-1-3-11-17(15)19)27-28-22(26)24-20-14-6-10-16-8-2-4-12-18(16)20/h1-14H,(H,23,25)(H,24,26). The van der Waals surface area contributed by atoms with Crippen molar-refractivity contribution in [2.24, 2.45) is 0 Å². The van der Waals surface area contributed by atoms with Crippen molar-refractivity contribution >= 4 is 87.6 Å². The molecule has 0 heterocycles. The number of rotatable bonds is 2. The van der Waals surface area contributed by atoms with E-state index in [2.05, 4.69) is 47.0 Å². The topological polar surface area (TPSA) is 24.1 Å². The Kier molecular flexibility index (Phi) is 6.12. The molecule has 0 saturated carbocycles. The van der Waals surface area contributed by atoms with Gasteiger partial charge >= 0.3 is 0 Å². The fourth-order valence-corrected chi connectivity index (χ4v) is 5.00. The number of thiocarbonyl (C=S) groups is 2. The molecule has 28 heavy (non-hydrogen) atoms. The van der Waals surface area contributed by atoms with Gasteiger partial charge in [-0.3, -0.25) is 0 Å². The van der Waals surface area contributed by atoms with Gasteiger partial charge in [0.15, 0.2) is 0 Å². The Balaban J connectivity index is 1.38. The monoisotopic (exact) mass is 436 g/mol. The van der Waals surface area contributed by atoms with E-state index < -0.39 is 0 Å². The Morgan fingerprint density at radius 3 is 1.39 bits per heavy atom. The van der Waals surface area contributed by atoms with Crippen LogP contribution in [0.15, 0.2) is 84.9 Å². The molecule has 2 N–H and O–H groups in total. The lowest BCUT2D eigenvalue weighted by Crippen LogP contribution is -2.07. The molecule has 0 unspecified atom stereocenters. The van der Waals surface area contributed by atoms with E-state index in [1.807, 2.05) is 48.5 Å². The lowest BCUT2D eigenvalue weighted by atomic mass is 10.1. The molecule has 138 valence electrons. The average molecular weight is 437 g/mol. The van der Waals surface area contributed by atoms with Crippen LogP contribution in [-0.2, 0) is 0 Å². The van der Waals surface area contributed by atoms with E-state index in [0.29, 0.717) is 8.64 Å². The molecule has 6 heteroatoms. The molecular weight excluding hydrogens is 421 g/mol. The van der Waals surface area contributed by atoms with Crippen LogP contribution in [-0.4, -0.2) is 8.64 Å². The van der Waals surface area contributed by atoms with Gasteiger partial charge in [-0.1, -0.05) is 97.2 Å². The molecule has 0 aromatic heterocycles. The highest BCUT2D eigenvalue weighted by molar-refractivity contribution is 8.89. The SMILES string of the molecule is S=C(Nc1cccc2ccccc12)SSC(=S)Nc1cccc2ccccc12. The van der Waals surface area contributed by atoms with Crippen LogP contribution in [0.5, 0.6) is 0 Å². The first-order valence-electron chi connectivity index (χ1n) is 8.63. The minimum Gasteiger partial charge on any atom is -0.340 e. The van der Waals surface area contributed by atoms with Crippen LogP contribution in [0.25, 0.3) is 21.5 Å². The quantitative estimate of drug-likeness (QED) is 0.250. The van der Waals surface area contributed by atoms with E-state index in [-0.39, 0.29) is 0 Å². The maximum absolute atomic E-state index is 5.50. The highest BCUT2D eigenvalue weighted by Crippen LogP contribution is 2.31. The maximum Gasteiger partial charge on any atom is 0.149 e. The van der Waals surface area contributed by atoms with Crippen LogP contribution in [0.2, 0.25) is 0 Å². The van der Waals surface area contributed by atoms with E-state index in [1.165, 1.54) is 32.4 Å². The largest absolute Gasteiger partial charge is 0.340 e. The molecule has 0 amide bonds. The molecular formula is C22H16N2S4. The maximum atomic E-state index is 5.50. The van der Waals surface area contributed by atoms with Crippen LogP contribution in [0.1, 0.15) is 0 Å². The van der Waals surface area contributed by atoms with Gasteiger partial charge in [-0.05, 0) is 44.5 Å². The molecule has 0 spiro atoms. The molecule has 0 radical (unpaired) electrons. The van der Waals surface area contributed by atoms with Gasteiger partial charge < -0.3 is 10.6 Å². The summed E-state index contributed by atoms with van der Waals surface area (Å²) < 4.78 is 1.34. The highest BCUT2D eigenvalue weighted by atomic mass is 33.1. The fourth-order valence-electron chi connectivity index (χ4n) is 3.01. The van der Waals surface area contributed by atoms with Crippen LogP contribution >= 0.6 is 46.0 Å². The van der Waals surface area contributed by atoms with E-state index >= 15 is 0 Å². The number of benzene rings is 4. The zero-order valence-electron chi connectivity index (χ0n) is 14.7. The van der Waals surface area contributed by atoms with Gasteiger partial charge in [0, 0.05) is 22.1 Å². The summed E-state index contributed by atoms with van der Waals surface area (Å²) >= 11 is 11.0. The van der Waals surface area contributed by atoms with Crippen molar-refractivity contribution in [3.05, 3.63) is 84.9 Å². The van der Waals surface area contributed by atoms with Crippen LogP contribution in [0, 0.1) is 0 Å². The third-order valence-corrected chi connectivity index (χ3v) is 7.42. The van der Waals surface area contributed by atoms with E-state index in [4.69, 9.17) is 24.4 Å². The normalized spacial score (nSPS) is 10.7. The van der Waals surface area contributed by atoms with Crippen molar-refractivity contribution < 1.29 is 0 Å². The van der Waals surface area contributed by atoms with E-state index in [1.54, 1.807) is 0 Å². The molecule has 0 fully saturated rings. The van der Waals surface area contributed by atoms with Crippen LogP contribution in [0.4, 0.5) is 11.4 Å². The Hall–Kier alpha value is -2.12. The van der Waals surface area contributed by atoms with Gasteiger partial charge in [-0.15, -0.1) is 0 Å². The van der Waals surface area contributed by atoms with Gasteiger partial charge in [0.25, 0.3) is 0 Å². The second kappa shape index (κ2) is 8.92. The summed E-state index contributed by atoms with van der Waals surface area (Å²) in [5.41, 5.74) is 2.01. The third kappa shape index (κ3) is 4.47. The summed E-state index contributed by atoms with van der Waals surface area (Å²) in [7, 11) is 2.89. The molecule has 0 aliphatic carbocycles. The van der Waals surface area contributed by atoms with Crippen molar-refractivity contribution in [1.82, 2.24) is 0 Å². The molecule has 4 rings (SSSR count). The Morgan fingerprint density at radius 1 is 0.536 bits per heavy atom. The van der Waals surface area contributed by atoms with Gasteiger partial charge in [0.2, 0.25) is 0 Å². The summed E-state index contributed by atoms with van der Waals surface area (Å²) in [6.45, 7) is 0. The lowest BCUT2D eigenvalue weighted by Gasteiger charge is -2.12. The summed E-state index contributed by atoms with van der Waals surface area (Å²) in [6.07, 6.45) is 0. The molecule has 2 nitrogen and oxygen atoms in total. The van der Waals surface area contributed by atoms with Gasteiger partial charge in [0.1, 0.15) is 8.64 Å². The molecule has 0 aliphatic heterocycles. The molecule has 4 aromatic carbocycles. The van der Waals surface area contributed by atoms with Gasteiger partial charge in [0.05, 0.1) is 0 Å². The highest BCUT2D eigenvalue weighted by Gasteiger charge is 2.07. The van der Waals surface area contributed by atoms with Crippen LogP contribution < -0.4 is 10.6 Å². The fraction of sp³-hybridized carbons (Fsp3) is 0. The summed E-state index contributed by atoms with van der Waals surface area (Å²) in [4.78, 5) is 0. The van der Waals surface area contributed by atoms with E-state index in [0.717, 1.165) is 22.1 Å². The van der Waals surface area contributed by atoms with Crippen molar-refractivity contribution in [1.29, 1.82) is 0 Å². The Bertz CT molecular complexity index is 1070. The van der Waals surface area contributed by atoms with Crippen LogP contribution in [0.3, 0.4) is 0 Å². The summed E-state index contributed by atoms with van der Waals surface area (Å²) in [5.74, 6) is 0. The predicted octanol–water partition coefficient (Wildman–Crippen LogP) is 7.47. The number of nitrogens with one attached hydrogen (secondary N) is 2. The van der Waals surface area contributed by atoms with Crippen molar-refractivity contribution in [3.8, 4) is 0 Å². The molecule has 0 saturated heterocycles. The minimum absolute atomic E-state index is 0.670. The zero-order valence-corrected chi connectivity index (χ0v) is 18.0. The first kappa shape index (κ1) is 19.2. The number of hydrogen-bond acceptors (Lipinski definition) is 4. The first-order valence-corrected chi connectivity index (χ1v) is 11.6. The van der Waals surface area contributed by atoms with Crippen molar-refractivity contribution in [2.75, 3.05) is 10.6 Å². The predicted molar refractivity (Wildman–Crippen MR) is 136 cm³/mol. The Morgan fingerprint density at radius 2 is 0.929 bits per heavy atom. The Labute approximate surface area is 182 Å². The number of fused-ring (bicyclic) bond motifs is 2. The van der Waals surface area contributed by atoms with E-state index in [9.17, 15) is 0 Å². The molecule has 0 bridgehead atoms. The summed E-state index contributed by atoms with van der Waals surface area (Å²) in [5, 5.41) is 11.3. The van der Waals surface area contributed by atoms with Crippen molar-refractivity contribution in [3.63, 3.8) is 0 Å². The molecule has 0 aliphatic rings. The van der Waals surface area contributed by atoms with Gasteiger partial charge in [-0.2, -0.15) is 0 Å². The molecule has 0 atom stereocenters. The average Bonchev–Trinajstić information content (AvgIpc) is 2.73. The number of anilines is 2. The zero-order chi connectivity index (χ0) is 19.3. The molecule has 4 aromatic rings. The smallest absolute Gasteiger partial charge is 0.149 e. The second-order valence-corrected chi connectivity index (χ2v) is 9.53. The second-order valence-electron chi connectivity index (χ2n) is 6.04. The first-order chi connectivity index (χ1) is 13.7. The van der Waals surface area contributed by atoms with Crippen molar-refractivity contribution in [2.45, 2.75) is 0 Å². The lowest BCUT2D eigenvalue weighted by molar-refractivity contribution is 1.71. The van der Waals surface area contributed by atoms with Gasteiger partial charge in [-0.25, -0.2) is 0 Å². The third-order valence-electron chi connectivity index (χ3n) is 4.25. The summed E-state index contributed by atoms with van der Waals surface area (Å²) in [6, 6.07) is 28.8.